The number of benzene rings is 6. The summed E-state index contributed by atoms with van der Waals surface area (Å²) in [5, 5.41) is 5.17. The maximum atomic E-state index is 4.66. The molecule has 1 fully saturated rings. The topological polar surface area (TPSA) is 0 Å². The predicted molar refractivity (Wildman–Crippen MR) is 266 cm³/mol. The van der Waals surface area contributed by atoms with Crippen LogP contribution in [0.5, 0.6) is 0 Å². The van der Waals surface area contributed by atoms with E-state index in [1.807, 2.05) is 0 Å². The van der Waals surface area contributed by atoms with Crippen molar-refractivity contribution in [3.8, 4) is 11.1 Å². The third kappa shape index (κ3) is 5.92. The Morgan fingerprint density at radius 1 is 0.742 bits per heavy atom. The van der Waals surface area contributed by atoms with Gasteiger partial charge in [-0.15, -0.1) is 6.58 Å². The SMILES string of the molecule is C=CC(CC)([Si]C(C)(CC)c1ccccc1)C1=CC2=C(c3cccc(-c4cc5c(c6ccccc46)CCC=C5)c3)C3=C(CC=CC=C3)C3(c4ccc5ccccc5c4)C(C=C1)C23. The van der Waals surface area contributed by atoms with Crippen molar-refractivity contribution in [1.29, 1.82) is 0 Å². The molecule has 62 heavy (non-hydrogen) atoms. The van der Waals surface area contributed by atoms with Gasteiger partial charge >= 0.3 is 0 Å². The lowest BCUT2D eigenvalue weighted by Gasteiger charge is -2.40. The van der Waals surface area contributed by atoms with Gasteiger partial charge < -0.3 is 0 Å². The van der Waals surface area contributed by atoms with Crippen molar-refractivity contribution in [1.82, 2.24) is 0 Å². The van der Waals surface area contributed by atoms with Crippen LogP contribution >= 0.6 is 0 Å². The van der Waals surface area contributed by atoms with Crippen LogP contribution in [0.4, 0.5) is 0 Å². The van der Waals surface area contributed by atoms with E-state index in [2.05, 4.69) is 216 Å². The van der Waals surface area contributed by atoms with E-state index in [-0.39, 0.29) is 15.5 Å². The zero-order valence-corrected chi connectivity index (χ0v) is 37.3. The Labute approximate surface area is 371 Å². The molecular weight excluding hydrogens is 761 g/mol. The standard InChI is InChI=1S/C61H54Si/c1-5-59(4,46-26-10-8-11-27-46)62-60(6-2,7-3)47-35-36-56-58-54(40-47)57(52-31-12-9-13-32-55(52)61(56,58)48-34-33-41-21-14-15-22-42(41)38-48)45-25-20-24-43(37-45)53-39-44-23-16-17-28-49(44)50-29-18-19-30-51(50)53/h6,8-16,18-27,29-31,33-40,56,58H,2,5,7,17,28,32H2,1,3-4H3. The van der Waals surface area contributed by atoms with Crippen LogP contribution in [0.1, 0.15) is 74.3 Å². The van der Waals surface area contributed by atoms with Crippen molar-refractivity contribution in [2.45, 2.75) is 68.4 Å². The summed E-state index contributed by atoms with van der Waals surface area (Å²) in [5.74, 6) is 0.655. The molecule has 1 heteroatoms. The fourth-order valence-corrected chi connectivity index (χ4v) is 14.0. The van der Waals surface area contributed by atoms with E-state index in [1.165, 1.54) is 82.8 Å². The van der Waals surface area contributed by atoms with Gasteiger partial charge in [-0.3, -0.25) is 0 Å². The highest BCUT2D eigenvalue weighted by molar-refractivity contribution is 6.46. The first-order chi connectivity index (χ1) is 30.4. The van der Waals surface area contributed by atoms with Crippen molar-refractivity contribution < 1.29 is 0 Å². The minimum Gasteiger partial charge on any atom is -0.103 e. The summed E-state index contributed by atoms with van der Waals surface area (Å²) in [7, 11) is 0.635. The summed E-state index contributed by atoms with van der Waals surface area (Å²) >= 11 is 0. The predicted octanol–water partition coefficient (Wildman–Crippen LogP) is 15.7. The summed E-state index contributed by atoms with van der Waals surface area (Å²) in [6.07, 6.45) is 29.4. The maximum Gasteiger partial charge on any atom is 0.0700 e. The van der Waals surface area contributed by atoms with E-state index in [4.69, 9.17) is 0 Å². The van der Waals surface area contributed by atoms with Gasteiger partial charge in [0.2, 0.25) is 0 Å². The molecule has 5 aliphatic rings. The van der Waals surface area contributed by atoms with E-state index in [9.17, 15) is 0 Å². The van der Waals surface area contributed by atoms with Gasteiger partial charge in [-0.2, -0.15) is 0 Å². The van der Waals surface area contributed by atoms with E-state index in [1.54, 1.807) is 5.57 Å². The van der Waals surface area contributed by atoms with E-state index in [0.29, 0.717) is 21.4 Å². The van der Waals surface area contributed by atoms with Crippen LogP contribution in [0.2, 0.25) is 5.04 Å². The van der Waals surface area contributed by atoms with Gasteiger partial charge in [0.15, 0.2) is 0 Å². The van der Waals surface area contributed by atoms with Gasteiger partial charge in [0.25, 0.3) is 0 Å². The number of aryl methyl sites for hydroxylation is 1. The third-order valence-electron chi connectivity index (χ3n) is 15.4. The Hall–Kier alpha value is -6.02. The molecule has 5 atom stereocenters. The highest BCUT2D eigenvalue weighted by Gasteiger charge is 2.69. The van der Waals surface area contributed by atoms with Crippen molar-refractivity contribution in [3.05, 3.63) is 239 Å². The van der Waals surface area contributed by atoms with Crippen molar-refractivity contribution in [2.75, 3.05) is 0 Å². The fraction of sp³-hybridized carbons (Fsp3) is 0.213. The number of hydrogen-bond acceptors (Lipinski definition) is 0. The summed E-state index contributed by atoms with van der Waals surface area (Å²) in [4.78, 5) is 0. The first kappa shape index (κ1) is 38.9. The average Bonchev–Trinajstić information content (AvgIpc) is 4.10. The number of hydrogen-bond donors (Lipinski definition) is 0. The Morgan fingerprint density at radius 3 is 2.35 bits per heavy atom. The van der Waals surface area contributed by atoms with Crippen LogP contribution in [-0.2, 0) is 16.9 Å². The average molecular weight is 815 g/mol. The Balaban J connectivity index is 1.16. The molecule has 0 saturated heterocycles. The summed E-state index contributed by atoms with van der Waals surface area (Å²) in [6.45, 7) is 11.9. The van der Waals surface area contributed by atoms with Gasteiger partial charge in [0, 0.05) is 16.4 Å². The van der Waals surface area contributed by atoms with Crippen LogP contribution in [0.15, 0.2) is 211 Å². The molecule has 0 nitrogen and oxygen atoms in total. The Kier molecular flexibility index (Phi) is 9.47. The quantitative estimate of drug-likeness (QED) is 0.0955. The molecule has 0 heterocycles. The highest BCUT2D eigenvalue weighted by atomic mass is 28.2. The molecule has 6 aromatic rings. The maximum absolute atomic E-state index is 4.66. The van der Waals surface area contributed by atoms with Crippen LogP contribution in [-0.4, -0.2) is 9.52 Å². The summed E-state index contributed by atoms with van der Waals surface area (Å²) in [6, 6.07) is 48.5. The van der Waals surface area contributed by atoms with Gasteiger partial charge in [-0.25, -0.2) is 0 Å². The smallest absolute Gasteiger partial charge is 0.0700 e. The lowest BCUT2D eigenvalue weighted by Crippen LogP contribution is -2.38. The minimum absolute atomic E-state index is 0.0144. The van der Waals surface area contributed by atoms with Crippen LogP contribution in [0.25, 0.3) is 44.3 Å². The van der Waals surface area contributed by atoms with Gasteiger partial charge in [0.1, 0.15) is 0 Å². The first-order valence-corrected chi connectivity index (χ1v) is 23.9. The van der Waals surface area contributed by atoms with E-state index in [0.717, 1.165) is 32.1 Å². The second kappa shape index (κ2) is 15.1. The molecule has 0 spiro atoms. The highest BCUT2D eigenvalue weighted by Crippen LogP contribution is 2.74. The molecule has 0 bridgehead atoms. The molecule has 5 unspecified atom stereocenters. The van der Waals surface area contributed by atoms with Crippen LogP contribution < -0.4 is 0 Å². The van der Waals surface area contributed by atoms with Gasteiger partial charge in [-0.1, -0.05) is 197 Å². The molecular formula is C61H54Si. The molecule has 0 N–H and O–H groups in total. The van der Waals surface area contributed by atoms with Crippen LogP contribution in [0, 0.1) is 11.8 Å². The Bertz CT molecular complexity index is 3030. The molecule has 5 aliphatic carbocycles. The Morgan fingerprint density at radius 2 is 1.53 bits per heavy atom. The van der Waals surface area contributed by atoms with E-state index >= 15 is 0 Å². The van der Waals surface area contributed by atoms with Gasteiger partial charge in [0.05, 0.1) is 9.52 Å². The zero-order chi connectivity index (χ0) is 42.1. The van der Waals surface area contributed by atoms with Crippen molar-refractivity contribution in [3.63, 3.8) is 0 Å². The number of fused-ring (bicyclic) bond motifs is 6. The van der Waals surface area contributed by atoms with Crippen LogP contribution in [0.3, 0.4) is 0 Å². The molecule has 0 aliphatic heterocycles. The number of rotatable bonds is 10. The second-order valence-electron chi connectivity index (χ2n) is 18.4. The summed E-state index contributed by atoms with van der Waals surface area (Å²) < 4.78 is 0. The third-order valence-corrected chi connectivity index (χ3v) is 17.9. The molecule has 2 radical (unpaired) electrons. The largest absolute Gasteiger partial charge is 0.103 e. The lowest BCUT2D eigenvalue weighted by molar-refractivity contribution is 0.604. The van der Waals surface area contributed by atoms with Gasteiger partial charge in [-0.05, 0) is 144 Å². The monoisotopic (exact) mass is 814 g/mol. The molecule has 0 aromatic heterocycles. The first-order valence-electron chi connectivity index (χ1n) is 22.9. The molecule has 1 saturated carbocycles. The molecule has 11 rings (SSSR count). The lowest BCUT2D eigenvalue weighted by atomic mass is 9.70. The minimum atomic E-state index is -0.190. The van der Waals surface area contributed by atoms with E-state index < -0.39 is 0 Å². The van der Waals surface area contributed by atoms with Crippen molar-refractivity contribution in [2.24, 2.45) is 11.8 Å². The second-order valence-corrected chi connectivity index (χ2v) is 20.6. The zero-order valence-electron chi connectivity index (χ0n) is 36.3. The fourth-order valence-electron chi connectivity index (χ4n) is 12.0. The van der Waals surface area contributed by atoms with Crippen molar-refractivity contribution >= 4 is 42.7 Å². The normalized spacial score (nSPS) is 22.9. The molecule has 0 amide bonds. The number of allylic oxidation sites excluding steroid dienone is 14. The molecule has 302 valence electrons. The summed E-state index contributed by atoms with van der Waals surface area (Å²) in [5.41, 5.74) is 16.7. The molecule has 6 aromatic carbocycles.